The zero-order valence-electron chi connectivity index (χ0n) is 11.9. The predicted molar refractivity (Wildman–Crippen MR) is 77.9 cm³/mol. The average Bonchev–Trinajstić information content (AvgIpc) is 2.61. The minimum atomic E-state index is -0.843. The summed E-state index contributed by atoms with van der Waals surface area (Å²) < 4.78 is 0. The summed E-state index contributed by atoms with van der Waals surface area (Å²) in [6.07, 6.45) is 0. The molecule has 2 aromatic rings. The molecule has 0 unspecified atom stereocenters. The zero-order valence-corrected chi connectivity index (χ0v) is 11.9. The highest BCUT2D eigenvalue weighted by molar-refractivity contribution is 5.86. The lowest BCUT2D eigenvalue weighted by molar-refractivity contribution is -0.125. The Kier molecular flexibility index (Phi) is 3.37. The number of benzene rings is 1. The Balaban J connectivity index is 2.18. The summed E-state index contributed by atoms with van der Waals surface area (Å²) in [4.78, 5) is 15.1. The second-order valence-corrected chi connectivity index (χ2v) is 5.66. The standard InChI is InChI=1S/C15H21N3O/c1-9-10(2)18-13-6-5-11(7-12(9)13)8-17-14(19)15(3,4)16/h5-7,18H,8,16H2,1-4H3,(H,17,19). The molecule has 102 valence electrons. The predicted octanol–water partition coefficient (Wildman–Crippen LogP) is 2.14. The molecule has 0 aliphatic carbocycles. The van der Waals surface area contributed by atoms with Gasteiger partial charge in [-0.2, -0.15) is 0 Å². The molecule has 19 heavy (non-hydrogen) atoms. The van der Waals surface area contributed by atoms with Crippen molar-refractivity contribution < 1.29 is 4.79 Å². The van der Waals surface area contributed by atoms with Crippen LogP contribution in [0.3, 0.4) is 0 Å². The largest absolute Gasteiger partial charge is 0.358 e. The smallest absolute Gasteiger partial charge is 0.239 e. The molecule has 0 aliphatic rings. The Bertz CT molecular complexity index is 620. The van der Waals surface area contributed by atoms with Gasteiger partial charge in [-0.05, 0) is 51.0 Å². The lowest BCUT2D eigenvalue weighted by Gasteiger charge is -2.17. The van der Waals surface area contributed by atoms with E-state index in [1.807, 2.05) is 12.1 Å². The SMILES string of the molecule is Cc1[nH]c2ccc(CNC(=O)C(C)(C)N)cc2c1C. The fourth-order valence-electron chi connectivity index (χ4n) is 2.03. The molecule has 2 rings (SSSR count). The van der Waals surface area contributed by atoms with Crippen molar-refractivity contribution in [2.24, 2.45) is 5.73 Å². The van der Waals surface area contributed by atoms with E-state index in [9.17, 15) is 4.79 Å². The molecule has 4 heteroatoms. The van der Waals surface area contributed by atoms with Crippen molar-refractivity contribution in [3.05, 3.63) is 35.0 Å². The van der Waals surface area contributed by atoms with Crippen LogP contribution >= 0.6 is 0 Å². The lowest BCUT2D eigenvalue weighted by atomic mass is 10.1. The van der Waals surface area contributed by atoms with Crippen molar-refractivity contribution in [2.45, 2.75) is 39.8 Å². The summed E-state index contributed by atoms with van der Waals surface area (Å²) in [5.74, 6) is -0.144. The van der Waals surface area contributed by atoms with Crippen LogP contribution in [0.2, 0.25) is 0 Å². The van der Waals surface area contributed by atoms with E-state index in [2.05, 4.69) is 30.2 Å². The number of hydrogen-bond acceptors (Lipinski definition) is 2. The van der Waals surface area contributed by atoms with Gasteiger partial charge in [0, 0.05) is 23.1 Å². The fraction of sp³-hybridized carbons (Fsp3) is 0.400. The molecule has 0 saturated carbocycles. The highest BCUT2D eigenvalue weighted by atomic mass is 16.2. The Labute approximate surface area is 113 Å². The molecule has 0 bridgehead atoms. The molecule has 0 spiro atoms. The van der Waals surface area contributed by atoms with Crippen LogP contribution < -0.4 is 11.1 Å². The first-order valence-corrected chi connectivity index (χ1v) is 6.44. The monoisotopic (exact) mass is 259 g/mol. The number of carbonyl (C=O) groups excluding carboxylic acids is 1. The molecule has 0 fully saturated rings. The zero-order chi connectivity index (χ0) is 14.2. The summed E-state index contributed by atoms with van der Waals surface area (Å²) in [6.45, 7) is 8.06. The van der Waals surface area contributed by atoms with Gasteiger partial charge in [0.2, 0.25) is 5.91 Å². The number of aryl methyl sites for hydroxylation is 2. The number of amides is 1. The second-order valence-electron chi connectivity index (χ2n) is 5.66. The minimum Gasteiger partial charge on any atom is -0.358 e. The molecule has 4 nitrogen and oxygen atoms in total. The van der Waals surface area contributed by atoms with E-state index in [1.54, 1.807) is 13.8 Å². The molecule has 4 N–H and O–H groups in total. The molecule has 0 radical (unpaired) electrons. The number of H-pyrrole nitrogens is 1. The third-order valence-corrected chi connectivity index (χ3v) is 3.41. The van der Waals surface area contributed by atoms with Gasteiger partial charge in [-0.3, -0.25) is 4.79 Å². The van der Waals surface area contributed by atoms with Crippen molar-refractivity contribution in [3.63, 3.8) is 0 Å². The highest BCUT2D eigenvalue weighted by Crippen LogP contribution is 2.22. The Hall–Kier alpha value is -1.81. The Morgan fingerprint density at radius 1 is 1.37 bits per heavy atom. The van der Waals surface area contributed by atoms with Crippen molar-refractivity contribution in [2.75, 3.05) is 0 Å². The third-order valence-electron chi connectivity index (χ3n) is 3.41. The van der Waals surface area contributed by atoms with Gasteiger partial charge in [-0.25, -0.2) is 0 Å². The van der Waals surface area contributed by atoms with Crippen LogP contribution in [0.15, 0.2) is 18.2 Å². The number of rotatable bonds is 3. The molecular weight excluding hydrogens is 238 g/mol. The van der Waals surface area contributed by atoms with Crippen molar-refractivity contribution in [3.8, 4) is 0 Å². The van der Waals surface area contributed by atoms with Gasteiger partial charge in [-0.1, -0.05) is 6.07 Å². The maximum atomic E-state index is 11.7. The van der Waals surface area contributed by atoms with E-state index in [4.69, 9.17) is 5.73 Å². The number of fused-ring (bicyclic) bond motifs is 1. The summed E-state index contributed by atoms with van der Waals surface area (Å²) in [5, 5.41) is 4.06. The van der Waals surface area contributed by atoms with Gasteiger partial charge in [0.1, 0.15) is 0 Å². The topological polar surface area (TPSA) is 70.9 Å². The molecule has 1 aromatic heterocycles. The summed E-state index contributed by atoms with van der Waals surface area (Å²) in [7, 11) is 0. The molecule has 0 saturated heterocycles. The maximum Gasteiger partial charge on any atom is 0.239 e. The Morgan fingerprint density at radius 3 is 2.68 bits per heavy atom. The van der Waals surface area contributed by atoms with Crippen LogP contribution in [-0.2, 0) is 11.3 Å². The minimum absolute atomic E-state index is 0.144. The number of aromatic amines is 1. The van der Waals surface area contributed by atoms with Crippen LogP contribution in [0.1, 0.15) is 30.7 Å². The van der Waals surface area contributed by atoms with E-state index in [0.29, 0.717) is 6.54 Å². The average molecular weight is 259 g/mol. The van der Waals surface area contributed by atoms with Crippen LogP contribution in [0.4, 0.5) is 0 Å². The van der Waals surface area contributed by atoms with E-state index in [-0.39, 0.29) is 5.91 Å². The summed E-state index contributed by atoms with van der Waals surface area (Å²) in [5.41, 5.74) is 9.54. The number of nitrogens with one attached hydrogen (secondary N) is 2. The quantitative estimate of drug-likeness (QED) is 0.790. The molecule has 1 heterocycles. The van der Waals surface area contributed by atoms with Crippen LogP contribution in [0.5, 0.6) is 0 Å². The van der Waals surface area contributed by atoms with E-state index in [0.717, 1.165) is 11.1 Å². The second kappa shape index (κ2) is 4.70. The molecule has 0 atom stereocenters. The first-order valence-electron chi connectivity index (χ1n) is 6.44. The highest BCUT2D eigenvalue weighted by Gasteiger charge is 2.21. The van der Waals surface area contributed by atoms with E-state index >= 15 is 0 Å². The number of aromatic nitrogens is 1. The van der Waals surface area contributed by atoms with E-state index in [1.165, 1.54) is 16.6 Å². The number of hydrogen-bond donors (Lipinski definition) is 3. The van der Waals surface area contributed by atoms with Gasteiger partial charge >= 0.3 is 0 Å². The van der Waals surface area contributed by atoms with Gasteiger partial charge in [-0.15, -0.1) is 0 Å². The summed E-state index contributed by atoms with van der Waals surface area (Å²) >= 11 is 0. The van der Waals surface area contributed by atoms with Crippen molar-refractivity contribution in [1.29, 1.82) is 0 Å². The Morgan fingerprint density at radius 2 is 2.05 bits per heavy atom. The number of carbonyl (C=O) groups is 1. The van der Waals surface area contributed by atoms with Gasteiger partial charge in [0.05, 0.1) is 5.54 Å². The molecule has 0 aliphatic heterocycles. The van der Waals surface area contributed by atoms with E-state index < -0.39 is 5.54 Å². The fourth-order valence-corrected chi connectivity index (χ4v) is 2.03. The van der Waals surface area contributed by atoms with Crippen LogP contribution in [-0.4, -0.2) is 16.4 Å². The molecule has 1 aromatic carbocycles. The first-order chi connectivity index (χ1) is 8.79. The van der Waals surface area contributed by atoms with Crippen molar-refractivity contribution in [1.82, 2.24) is 10.3 Å². The van der Waals surface area contributed by atoms with Crippen LogP contribution in [0.25, 0.3) is 10.9 Å². The van der Waals surface area contributed by atoms with Gasteiger partial charge < -0.3 is 16.0 Å². The molecular formula is C15H21N3O. The third kappa shape index (κ3) is 2.79. The van der Waals surface area contributed by atoms with Crippen molar-refractivity contribution >= 4 is 16.8 Å². The van der Waals surface area contributed by atoms with Gasteiger partial charge in [0.25, 0.3) is 0 Å². The normalized spacial score (nSPS) is 11.8. The lowest BCUT2D eigenvalue weighted by Crippen LogP contribution is -2.48. The summed E-state index contributed by atoms with van der Waals surface area (Å²) in [6, 6.07) is 6.17. The molecule has 1 amide bonds. The maximum absolute atomic E-state index is 11.7. The van der Waals surface area contributed by atoms with Crippen LogP contribution in [0, 0.1) is 13.8 Å². The number of nitrogens with two attached hydrogens (primary N) is 1. The van der Waals surface area contributed by atoms with Gasteiger partial charge in [0.15, 0.2) is 0 Å². The first kappa shape index (κ1) is 13.6.